The van der Waals surface area contributed by atoms with Gasteiger partial charge < -0.3 is 10.1 Å². The predicted molar refractivity (Wildman–Crippen MR) is 68.0 cm³/mol. The minimum absolute atomic E-state index is 0.144. The SMILES string of the molecule is CCOCCNC(=O)c1ccc(Br)c(Cl)c1. The second kappa shape index (κ2) is 6.89. The van der Waals surface area contributed by atoms with E-state index in [9.17, 15) is 4.79 Å². The molecule has 0 aliphatic carbocycles. The molecule has 0 fully saturated rings. The predicted octanol–water partition coefficient (Wildman–Crippen LogP) is 2.87. The van der Waals surface area contributed by atoms with Crippen LogP contribution in [0.25, 0.3) is 0 Å². The van der Waals surface area contributed by atoms with E-state index in [2.05, 4.69) is 21.2 Å². The van der Waals surface area contributed by atoms with Crippen LogP contribution in [0.2, 0.25) is 5.02 Å². The number of nitrogens with one attached hydrogen (secondary N) is 1. The zero-order valence-corrected chi connectivity index (χ0v) is 11.3. The van der Waals surface area contributed by atoms with E-state index in [1.807, 2.05) is 6.92 Å². The van der Waals surface area contributed by atoms with Crippen molar-refractivity contribution in [2.75, 3.05) is 19.8 Å². The van der Waals surface area contributed by atoms with E-state index in [1.54, 1.807) is 18.2 Å². The first kappa shape index (κ1) is 13.5. The molecule has 0 atom stereocenters. The lowest BCUT2D eigenvalue weighted by molar-refractivity contribution is 0.0922. The maximum absolute atomic E-state index is 11.6. The molecule has 88 valence electrons. The summed E-state index contributed by atoms with van der Waals surface area (Å²) in [6.07, 6.45) is 0. The van der Waals surface area contributed by atoms with Crippen molar-refractivity contribution >= 4 is 33.4 Å². The molecule has 1 aromatic carbocycles. The number of rotatable bonds is 5. The lowest BCUT2D eigenvalue weighted by atomic mass is 10.2. The Hall–Kier alpha value is -0.580. The van der Waals surface area contributed by atoms with Crippen LogP contribution in [0.15, 0.2) is 22.7 Å². The number of carbonyl (C=O) groups excluding carboxylic acids is 1. The van der Waals surface area contributed by atoms with Gasteiger partial charge in [0.2, 0.25) is 0 Å². The summed E-state index contributed by atoms with van der Waals surface area (Å²) >= 11 is 9.16. The fourth-order valence-electron chi connectivity index (χ4n) is 1.12. The number of hydrogen-bond donors (Lipinski definition) is 1. The van der Waals surface area contributed by atoms with Crippen molar-refractivity contribution in [3.05, 3.63) is 33.3 Å². The molecule has 0 bridgehead atoms. The maximum Gasteiger partial charge on any atom is 0.251 e. The molecule has 16 heavy (non-hydrogen) atoms. The second-order valence-corrected chi connectivity index (χ2v) is 4.34. The molecule has 3 nitrogen and oxygen atoms in total. The highest BCUT2D eigenvalue weighted by Gasteiger charge is 2.06. The Kier molecular flexibility index (Phi) is 5.80. The Morgan fingerprint density at radius 3 is 2.94 bits per heavy atom. The third-order valence-corrected chi connectivity index (χ3v) is 3.15. The monoisotopic (exact) mass is 305 g/mol. The zero-order chi connectivity index (χ0) is 12.0. The first-order valence-corrected chi connectivity index (χ1v) is 6.13. The average Bonchev–Trinajstić information content (AvgIpc) is 2.28. The van der Waals surface area contributed by atoms with Gasteiger partial charge in [-0.3, -0.25) is 4.79 Å². The van der Waals surface area contributed by atoms with Gasteiger partial charge in [0, 0.05) is 23.2 Å². The van der Waals surface area contributed by atoms with E-state index in [0.29, 0.717) is 30.3 Å². The minimum atomic E-state index is -0.144. The van der Waals surface area contributed by atoms with Crippen LogP contribution in [-0.4, -0.2) is 25.7 Å². The Bertz CT molecular complexity index is 371. The normalized spacial score (nSPS) is 10.2. The van der Waals surface area contributed by atoms with Gasteiger partial charge in [0.25, 0.3) is 5.91 Å². The van der Waals surface area contributed by atoms with Gasteiger partial charge in [-0.2, -0.15) is 0 Å². The quantitative estimate of drug-likeness (QED) is 0.850. The van der Waals surface area contributed by atoms with E-state index in [1.165, 1.54) is 0 Å². The van der Waals surface area contributed by atoms with Crippen molar-refractivity contribution in [2.24, 2.45) is 0 Å². The number of ether oxygens (including phenoxy) is 1. The summed E-state index contributed by atoms with van der Waals surface area (Å²) in [6.45, 7) is 3.59. The highest BCUT2D eigenvalue weighted by molar-refractivity contribution is 9.10. The Labute approximate surface area is 108 Å². The summed E-state index contributed by atoms with van der Waals surface area (Å²) in [5.41, 5.74) is 0.546. The maximum atomic E-state index is 11.6. The molecule has 0 aromatic heterocycles. The molecule has 0 radical (unpaired) electrons. The summed E-state index contributed by atoms with van der Waals surface area (Å²) in [4.78, 5) is 11.6. The van der Waals surface area contributed by atoms with Crippen molar-refractivity contribution in [2.45, 2.75) is 6.92 Å². The molecule has 5 heteroatoms. The lowest BCUT2D eigenvalue weighted by Crippen LogP contribution is -2.27. The highest BCUT2D eigenvalue weighted by Crippen LogP contribution is 2.22. The molecule has 0 heterocycles. The molecule has 0 unspecified atom stereocenters. The van der Waals surface area contributed by atoms with E-state index < -0.39 is 0 Å². The molecule has 0 saturated carbocycles. The van der Waals surface area contributed by atoms with E-state index in [-0.39, 0.29) is 5.91 Å². The number of benzene rings is 1. The molecule has 0 aliphatic rings. The van der Waals surface area contributed by atoms with Crippen LogP contribution in [0.4, 0.5) is 0 Å². The van der Waals surface area contributed by atoms with Gasteiger partial charge in [0.15, 0.2) is 0 Å². The molecular weight excluding hydrogens is 293 g/mol. The number of carbonyl (C=O) groups is 1. The zero-order valence-electron chi connectivity index (χ0n) is 8.93. The standard InChI is InChI=1S/C11H13BrClNO2/c1-2-16-6-5-14-11(15)8-3-4-9(12)10(13)7-8/h3-4,7H,2,5-6H2,1H3,(H,14,15). The van der Waals surface area contributed by atoms with Crippen LogP contribution in [-0.2, 0) is 4.74 Å². The van der Waals surface area contributed by atoms with Crippen LogP contribution in [0.3, 0.4) is 0 Å². The summed E-state index contributed by atoms with van der Waals surface area (Å²) in [5, 5.41) is 3.27. The molecule has 1 rings (SSSR count). The Balaban J connectivity index is 2.50. The lowest BCUT2D eigenvalue weighted by Gasteiger charge is -2.06. The van der Waals surface area contributed by atoms with Gasteiger partial charge in [0.05, 0.1) is 11.6 Å². The summed E-state index contributed by atoms with van der Waals surface area (Å²) < 4.78 is 5.89. The van der Waals surface area contributed by atoms with Crippen molar-refractivity contribution < 1.29 is 9.53 Å². The largest absolute Gasteiger partial charge is 0.380 e. The summed E-state index contributed by atoms with van der Waals surface area (Å²) in [6, 6.07) is 5.09. The third-order valence-electron chi connectivity index (χ3n) is 1.92. The van der Waals surface area contributed by atoms with Crippen molar-refractivity contribution in [3.63, 3.8) is 0 Å². The molecule has 0 aliphatic heterocycles. The minimum Gasteiger partial charge on any atom is -0.380 e. The number of halogens is 2. The van der Waals surface area contributed by atoms with Crippen LogP contribution in [0.5, 0.6) is 0 Å². The highest BCUT2D eigenvalue weighted by atomic mass is 79.9. The van der Waals surface area contributed by atoms with Gasteiger partial charge in [-0.25, -0.2) is 0 Å². The Morgan fingerprint density at radius 1 is 1.56 bits per heavy atom. The summed E-state index contributed by atoms with van der Waals surface area (Å²) in [5.74, 6) is -0.144. The first-order valence-electron chi connectivity index (χ1n) is 4.96. The second-order valence-electron chi connectivity index (χ2n) is 3.08. The van der Waals surface area contributed by atoms with Crippen molar-refractivity contribution in [3.8, 4) is 0 Å². The van der Waals surface area contributed by atoms with Gasteiger partial charge in [-0.1, -0.05) is 11.6 Å². The van der Waals surface area contributed by atoms with Crippen molar-refractivity contribution in [1.29, 1.82) is 0 Å². The van der Waals surface area contributed by atoms with E-state index >= 15 is 0 Å². The van der Waals surface area contributed by atoms with Gasteiger partial charge in [-0.05, 0) is 41.1 Å². The topological polar surface area (TPSA) is 38.3 Å². The molecule has 1 aromatic rings. The number of amides is 1. The third kappa shape index (κ3) is 4.12. The van der Waals surface area contributed by atoms with Gasteiger partial charge in [-0.15, -0.1) is 0 Å². The fourth-order valence-corrected chi connectivity index (χ4v) is 1.55. The Morgan fingerprint density at radius 2 is 2.31 bits per heavy atom. The molecule has 1 amide bonds. The molecule has 0 saturated heterocycles. The average molecular weight is 307 g/mol. The van der Waals surface area contributed by atoms with Crippen LogP contribution < -0.4 is 5.32 Å². The smallest absolute Gasteiger partial charge is 0.251 e. The van der Waals surface area contributed by atoms with Crippen LogP contribution in [0, 0.1) is 0 Å². The van der Waals surface area contributed by atoms with Gasteiger partial charge >= 0.3 is 0 Å². The first-order chi connectivity index (χ1) is 7.65. The molecular formula is C11H13BrClNO2. The molecule has 0 spiro atoms. The van der Waals surface area contributed by atoms with Gasteiger partial charge in [0.1, 0.15) is 0 Å². The fraction of sp³-hybridized carbons (Fsp3) is 0.364. The van der Waals surface area contributed by atoms with Crippen molar-refractivity contribution in [1.82, 2.24) is 5.32 Å². The van der Waals surface area contributed by atoms with Crippen LogP contribution >= 0.6 is 27.5 Å². The van der Waals surface area contributed by atoms with E-state index in [4.69, 9.17) is 16.3 Å². The van der Waals surface area contributed by atoms with E-state index in [0.717, 1.165) is 4.47 Å². The molecule has 1 N–H and O–H groups in total. The number of hydrogen-bond acceptors (Lipinski definition) is 2. The summed E-state index contributed by atoms with van der Waals surface area (Å²) in [7, 11) is 0. The van der Waals surface area contributed by atoms with Crippen LogP contribution in [0.1, 0.15) is 17.3 Å².